The molecule has 1 amide bonds. The van der Waals surface area contributed by atoms with Gasteiger partial charge >= 0.3 is 5.91 Å². The summed E-state index contributed by atoms with van der Waals surface area (Å²) in [5, 5.41) is 0. The van der Waals surface area contributed by atoms with Crippen molar-refractivity contribution in [2.75, 3.05) is 12.4 Å². The van der Waals surface area contributed by atoms with Gasteiger partial charge in [0.1, 0.15) is 0 Å². The second-order valence-corrected chi connectivity index (χ2v) is 7.59. The third-order valence-corrected chi connectivity index (χ3v) is 4.75. The summed E-state index contributed by atoms with van der Waals surface area (Å²) in [6.45, 7) is 5.93. The highest BCUT2D eigenvalue weighted by molar-refractivity contribution is 7.90. The average Bonchev–Trinajstić information content (AvgIpc) is 2.81. The van der Waals surface area contributed by atoms with Crippen LogP contribution in [0.25, 0.3) is 0 Å². The summed E-state index contributed by atoms with van der Waals surface area (Å²) in [4.78, 5) is 16.2. The predicted molar refractivity (Wildman–Crippen MR) is 80.2 cm³/mol. The third kappa shape index (κ3) is 4.30. The average molecular weight is 330 g/mol. The molecule has 8 heteroatoms. The number of hydrogen-bond acceptors (Lipinski definition) is 6. The van der Waals surface area contributed by atoms with Crippen molar-refractivity contribution >= 4 is 15.9 Å². The van der Waals surface area contributed by atoms with E-state index >= 15 is 0 Å². The van der Waals surface area contributed by atoms with Crippen LogP contribution in [0.1, 0.15) is 61.2 Å². The molecule has 0 saturated carbocycles. The summed E-state index contributed by atoms with van der Waals surface area (Å²) in [7, 11) is -3.77. The van der Waals surface area contributed by atoms with Gasteiger partial charge in [-0.25, -0.2) is 18.1 Å². The standard InChI is InChI=1S/C14H22N2O5S/c1-9(2)14-15-10(3)12(21-14)13(17)16-22(18,19)8-11-6-4-5-7-20-11/h9,11H,4-8H2,1-3H3,(H,16,17). The molecule has 1 atom stereocenters. The van der Waals surface area contributed by atoms with E-state index in [0.717, 1.165) is 12.8 Å². The summed E-state index contributed by atoms with van der Waals surface area (Å²) >= 11 is 0. The minimum Gasteiger partial charge on any atom is -0.435 e. The van der Waals surface area contributed by atoms with Gasteiger partial charge in [0.2, 0.25) is 15.8 Å². The van der Waals surface area contributed by atoms with E-state index in [2.05, 4.69) is 4.98 Å². The number of aromatic nitrogens is 1. The van der Waals surface area contributed by atoms with Crippen molar-refractivity contribution < 1.29 is 22.4 Å². The number of sulfonamides is 1. The number of amides is 1. The first-order valence-corrected chi connectivity index (χ1v) is 9.07. The maximum absolute atomic E-state index is 12.1. The predicted octanol–water partition coefficient (Wildman–Crippen LogP) is 1.74. The summed E-state index contributed by atoms with van der Waals surface area (Å²) < 4.78 is 36.9. The van der Waals surface area contributed by atoms with Crippen LogP contribution in [0.4, 0.5) is 0 Å². The van der Waals surface area contributed by atoms with Crippen LogP contribution in [0.15, 0.2) is 4.42 Å². The van der Waals surface area contributed by atoms with E-state index in [1.54, 1.807) is 6.92 Å². The zero-order valence-corrected chi connectivity index (χ0v) is 13.9. The first-order chi connectivity index (χ1) is 10.3. The van der Waals surface area contributed by atoms with Crippen LogP contribution in [0.5, 0.6) is 0 Å². The van der Waals surface area contributed by atoms with Crippen LogP contribution in [-0.2, 0) is 14.8 Å². The summed E-state index contributed by atoms with van der Waals surface area (Å²) in [5.41, 5.74) is 0.380. The Kier molecular flexibility index (Phi) is 5.23. The van der Waals surface area contributed by atoms with Crippen molar-refractivity contribution in [2.24, 2.45) is 0 Å². The Balaban J connectivity index is 2.03. The first kappa shape index (κ1) is 17.0. The van der Waals surface area contributed by atoms with Gasteiger partial charge in [-0.05, 0) is 26.2 Å². The fourth-order valence-electron chi connectivity index (χ4n) is 2.29. The van der Waals surface area contributed by atoms with Crippen LogP contribution in [0.2, 0.25) is 0 Å². The highest BCUT2D eigenvalue weighted by Gasteiger charge is 2.27. The van der Waals surface area contributed by atoms with E-state index in [9.17, 15) is 13.2 Å². The van der Waals surface area contributed by atoms with Crippen molar-refractivity contribution in [2.45, 2.75) is 52.1 Å². The molecule has 2 heterocycles. The monoisotopic (exact) mass is 330 g/mol. The topological polar surface area (TPSA) is 98.5 Å². The van der Waals surface area contributed by atoms with Gasteiger partial charge < -0.3 is 9.15 Å². The van der Waals surface area contributed by atoms with E-state index in [1.807, 2.05) is 18.6 Å². The number of oxazole rings is 1. The molecule has 0 radical (unpaired) electrons. The highest BCUT2D eigenvalue weighted by Crippen LogP contribution is 2.18. The number of rotatable bonds is 5. The van der Waals surface area contributed by atoms with Crippen molar-refractivity contribution in [3.05, 3.63) is 17.3 Å². The van der Waals surface area contributed by atoms with Gasteiger partial charge in [0, 0.05) is 12.5 Å². The number of aryl methyl sites for hydroxylation is 1. The van der Waals surface area contributed by atoms with Crippen molar-refractivity contribution in [1.82, 2.24) is 9.71 Å². The molecule has 1 N–H and O–H groups in total. The molecule has 0 bridgehead atoms. The lowest BCUT2D eigenvalue weighted by atomic mass is 10.1. The molecule has 1 aliphatic heterocycles. The summed E-state index contributed by atoms with van der Waals surface area (Å²) in [6.07, 6.45) is 2.21. The number of carbonyl (C=O) groups is 1. The number of carbonyl (C=O) groups excluding carboxylic acids is 1. The largest absolute Gasteiger partial charge is 0.435 e. The van der Waals surface area contributed by atoms with E-state index < -0.39 is 15.9 Å². The van der Waals surface area contributed by atoms with E-state index in [-0.39, 0.29) is 23.5 Å². The van der Waals surface area contributed by atoms with Crippen LogP contribution < -0.4 is 4.72 Å². The van der Waals surface area contributed by atoms with Crippen molar-refractivity contribution in [1.29, 1.82) is 0 Å². The Labute approximate surface area is 130 Å². The fourth-order valence-corrected chi connectivity index (χ4v) is 3.50. The molecule has 1 fully saturated rings. The van der Waals surface area contributed by atoms with Crippen molar-refractivity contribution in [3.63, 3.8) is 0 Å². The summed E-state index contributed by atoms with van der Waals surface area (Å²) in [5.74, 6) is -0.629. The maximum atomic E-state index is 12.1. The molecule has 124 valence electrons. The van der Waals surface area contributed by atoms with E-state index in [4.69, 9.17) is 9.15 Å². The van der Waals surface area contributed by atoms with Crippen LogP contribution in [0, 0.1) is 6.92 Å². The smallest absolute Gasteiger partial charge is 0.302 e. The molecule has 7 nitrogen and oxygen atoms in total. The molecular weight excluding hydrogens is 308 g/mol. The lowest BCUT2D eigenvalue weighted by molar-refractivity contribution is 0.0304. The zero-order chi connectivity index (χ0) is 16.3. The van der Waals surface area contributed by atoms with Crippen LogP contribution >= 0.6 is 0 Å². The lowest BCUT2D eigenvalue weighted by Crippen LogP contribution is -2.38. The first-order valence-electron chi connectivity index (χ1n) is 7.42. The lowest BCUT2D eigenvalue weighted by Gasteiger charge is -2.22. The van der Waals surface area contributed by atoms with E-state index in [1.165, 1.54) is 0 Å². The van der Waals surface area contributed by atoms with Gasteiger partial charge in [0.15, 0.2) is 5.89 Å². The molecule has 1 saturated heterocycles. The van der Waals surface area contributed by atoms with Crippen LogP contribution in [-0.4, -0.2) is 37.8 Å². The molecule has 22 heavy (non-hydrogen) atoms. The quantitative estimate of drug-likeness (QED) is 0.883. The van der Waals surface area contributed by atoms with Gasteiger partial charge in [-0.1, -0.05) is 13.8 Å². The third-order valence-electron chi connectivity index (χ3n) is 3.44. The molecule has 2 rings (SSSR count). The van der Waals surface area contributed by atoms with Crippen LogP contribution in [0.3, 0.4) is 0 Å². The minimum atomic E-state index is -3.77. The normalized spacial score (nSPS) is 19.4. The summed E-state index contributed by atoms with van der Waals surface area (Å²) in [6, 6.07) is 0. The second kappa shape index (κ2) is 6.78. The van der Waals surface area contributed by atoms with Gasteiger partial charge in [-0.2, -0.15) is 0 Å². The zero-order valence-electron chi connectivity index (χ0n) is 13.1. The fraction of sp³-hybridized carbons (Fsp3) is 0.714. The minimum absolute atomic E-state index is 0.0208. The number of ether oxygens (including phenoxy) is 1. The van der Waals surface area contributed by atoms with Gasteiger partial charge in [0.25, 0.3) is 0 Å². The van der Waals surface area contributed by atoms with Gasteiger partial charge in [0.05, 0.1) is 17.6 Å². The number of nitrogens with zero attached hydrogens (tertiary/aromatic N) is 1. The Bertz CT molecular complexity index is 630. The molecule has 1 aromatic rings. The molecule has 0 aromatic carbocycles. The SMILES string of the molecule is Cc1nc(C(C)C)oc1C(=O)NS(=O)(=O)CC1CCCCO1. The molecular formula is C14H22N2O5S. The number of hydrogen-bond donors (Lipinski definition) is 1. The Morgan fingerprint density at radius 3 is 2.68 bits per heavy atom. The maximum Gasteiger partial charge on any atom is 0.302 e. The van der Waals surface area contributed by atoms with E-state index in [0.29, 0.717) is 24.6 Å². The molecule has 0 aliphatic carbocycles. The number of nitrogens with one attached hydrogen (secondary N) is 1. The Morgan fingerprint density at radius 2 is 2.14 bits per heavy atom. The van der Waals surface area contributed by atoms with Gasteiger partial charge in [-0.15, -0.1) is 0 Å². The Morgan fingerprint density at radius 1 is 1.41 bits per heavy atom. The highest BCUT2D eigenvalue weighted by atomic mass is 32.2. The Hall–Kier alpha value is -1.41. The van der Waals surface area contributed by atoms with Gasteiger partial charge in [-0.3, -0.25) is 4.79 Å². The molecule has 1 unspecified atom stereocenters. The second-order valence-electron chi connectivity index (χ2n) is 5.82. The molecule has 1 aromatic heterocycles. The molecule has 1 aliphatic rings. The van der Waals surface area contributed by atoms with Crippen molar-refractivity contribution in [3.8, 4) is 0 Å². The molecule has 0 spiro atoms.